The lowest BCUT2D eigenvalue weighted by molar-refractivity contribution is 0.0779. The first-order valence-corrected chi connectivity index (χ1v) is 8.58. The molecule has 0 bridgehead atoms. The minimum Gasteiger partial charge on any atom is -0.335 e. The largest absolute Gasteiger partial charge is 0.335 e. The van der Waals surface area contributed by atoms with Gasteiger partial charge in [0.1, 0.15) is 0 Å². The number of nitrogens with one attached hydrogen (secondary N) is 1. The van der Waals surface area contributed by atoms with Crippen LogP contribution in [0.25, 0.3) is 0 Å². The van der Waals surface area contributed by atoms with E-state index >= 15 is 0 Å². The fourth-order valence-electron chi connectivity index (χ4n) is 1.79. The quantitative estimate of drug-likeness (QED) is 0.797. The molecule has 0 radical (unpaired) electrons. The SMILES string of the molecule is CC(C)c1[nH]nc(C(=O)N(C)Cc2cc(Br)cs2)c1Br. The maximum absolute atomic E-state index is 12.4. The van der Waals surface area contributed by atoms with Crippen molar-refractivity contribution >= 4 is 49.1 Å². The molecule has 0 saturated carbocycles. The molecular weight excluding hydrogens is 406 g/mol. The predicted molar refractivity (Wildman–Crippen MR) is 88.2 cm³/mol. The fraction of sp³-hybridized carbons (Fsp3) is 0.385. The first-order chi connectivity index (χ1) is 9.40. The number of halogens is 2. The first kappa shape index (κ1) is 15.7. The number of thiophene rings is 1. The number of rotatable bonds is 4. The van der Waals surface area contributed by atoms with E-state index in [1.54, 1.807) is 23.3 Å². The number of amides is 1. The van der Waals surface area contributed by atoms with Gasteiger partial charge in [-0.25, -0.2) is 0 Å². The number of hydrogen-bond donors (Lipinski definition) is 1. The van der Waals surface area contributed by atoms with E-state index in [4.69, 9.17) is 0 Å². The smallest absolute Gasteiger partial charge is 0.275 e. The topological polar surface area (TPSA) is 49.0 Å². The van der Waals surface area contributed by atoms with Crippen molar-refractivity contribution < 1.29 is 4.79 Å². The summed E-state index contributed by atoms with van der Waals surface area (Å²) in [5.74, 6) is 0.196. The Morgan fingerprint density at radius 1 is 1.50 bits per heavy atom. The highest BCUT2D eigenvalue weighted by Gasteiger charge is 2.22. The minimum absolute atomic E-state index is 0.0930. The van der Waals surface area contributed by atoms with Crippen LogP contribution in [0.5, 0.6) is 0 Å². The van der Waals surface area contributed by atoms with Crippen molar-refractivity contribution in [3.63, 3.8) is 0 Å². The third kappa shape index (κ3) is 3.32. The molecule has 0 saturated heterocycles. The second-order valence-corrected chi connectivity index (χ2v) is 7.55. The van der Waals surface area contributed by atoms with E-state index in [1.165, 1.54) is 0 Å². The highest BCUT2D eigenvalue weighted by molar-refractivity contribution is 9.10. The van der Waals surface area contributed by atoms with Crippen LogP contribution in [0, 0.1) is 0 Å². The third-order valence-electron chi connectivity index (χ3n) is 2.87. The van der Waals surface area contributed by atoms with E-state index < -0.39 is 0 Å². The number of carbonyl (C=O) groups excluding carboxylic acids is 1. The molecule has 0 aliphatic rings. The summed E-state index contributed by atoms with van der Waals surface area (Å²) in [6.07, 6.45) is 0. The lowest BCUT2D eigenvalue weighted by Crippen LogP contribution is -2.26. The predicted octanol–water partition coefficient (Wildman–Crippen LogP) is 4.39. The molecule has 0 atom stereocenters. The molecule has 0 spiro atoms. The van der Waals surface area contributed by atoms with Crippen LogP contribution < -0.4 is 0 Å². The number of nitrogens with zero attached hydrogens (tertiary/aromatic N) is 2. The van der Waals surface area contributed by atoms with Gasteiger partial charge >= 0.3 is 0 Å². The first-order valence-electron chi connectivity index (χ1n) is 6.12. The monoisotopic (exact) mass is 419 g/mol. The van der Waals surface area contributed by atoms with Gasteiger partial charge in [-0.3, -0.25) is 9.89 Å². The molecule has 0 fully saturated rings. The summed E-state index contributed by atoms with van der Waals surface area (Å²) in [4.78, 5) is 15.2. The number of H-pyrrole nitrogens is 1. The highest BCUT2D eigenvalue weighted by Crippen LogP contribution is 2.27. The Balaban J connectivity index is 2.14. The minimum atomic E-state index is -0.0930. The molecule has 7 heteroatoms. The summed E-state index contributed by atoms with van der Waals surface area (Å²) in [5, 5.41) is 9.07. The fourth-order valence-corrected chi connectivity index (χ4v) is 4.10. The van der Waals surface area contributed by atoms with Gasteiger partial charge in [0.05, 0.1) is 16.7 Å². The van der Waals surface area contributed by atoms with Gasteiger partial charge in [-0.15, -0.1) is 11.3 Å². The molecule has 4 nitrogen and oxygen atoms in total. The zero-order chi connectivity index (χ0) is 14.9. The maximum atomic E-state index is 12.4. The van der Waals surface area contributed by atoms with E-state index in [0.717, 1.165) is 19.5 Å². The maximum Gasteiger partial charge on any atom is 0.275 e. The Kier molecular flexibility index (Phi) is 5.04. The normalized spacial score (nSPS) is 11.1. The third-order valence-corrected chi connectivity index (χ3v) is 5.36. The molecule has 0 aliphatic heterocycles. The summed E-state index contributed by atoms with van der Waals surface area (Å²) in [5.41, 5.74) is 1.38. The van der Waals surface area contributed by atoms with Gasteiger partial charge < -0.3 is 4.90 Å². The summed E-state index contributed by atoms with van der Waals surface area (Å²) < 4.78 is 1.80. The Hall–Kier alpha value is -0.660. The van der Waals surface area contributed by atoms with Gasteiger partial charge in [-0.1, -0.05) is 13.8 Å². The van der Waals surface area contributed by atoms with Crippen molar-refractivity contribution in [2.24, 2.45) is 0 Å². The van der Waals surface area contributed by atoms with Crippen molar-refractivity contribution in [3.8, 4) is 0 Å². The molecule has 0 aliphatic carbocycles. The molecule has 1 N–H and O–H groups in total. The van der Waals surface area contributed by atoms with Gasteiger partial charge in [0.15, 0.2) is 5.69 Å². The van der Waals surface area contributed by atoms with Crippen molar-refractivity contribution in [1.82, 2.24) is 15.1 Å². The van der Waals surface area contributed by atoms with Crippen molar-refractivity contribution in [1.29, 1.82) is 0 Å². The van der Waals surface area contributed by atoms with Crippen LogP contribution in [0.3, 0.4) is 0 Å². The van der Waals surface area contributed by atoms with Gasteiger partial charge in [-0.05, 0) is 43.8 Å². The van der Waals surface area contributed by atoms with Crippen LogP contribution in [-0.2, 0) is 6.54 Å². The summed E-state index contributed by atoms with van der Waals surface area (Å²) in [6, 6.07) is 2.02. The molecule has 0 unspecified atom stereocenters. The lowest BCUT2D eigenvalue weighted by Gasteiger charge is -2.15. The average molecular weight is 421 g/mol. The molecular formula is C13H15Br2N3OS. The van der Waals surface area contributed by atoms with E-state index in [2.05, 4.69) is 55.9 Å². The van der Waals surface area contributed by atoms with E-state index in [9.17, 15) is 4.79 Å². The average Bonchev–Trinajstić information content (AvgIpc) is 2.94. The molecule has 2 rings (SSSR count). The highest BCUT2D eigenvalue weighted by atomic mass is 79.9. The van der Waals surface area contributed by atoms with Crippen LogP contribution in [0.15, 0.2) is 20.4 Å². The van der Waals surface area contributed by atoms with E-state index in [1.807, 2.05) is 11.4 Å². The Morgan fingerprint density at radius 3 is 2.70 bits per heavy atom. The second kappa shape index (κ2) is 6.41. The number of hydrogen-bond acceptors (Lipinski definition) is 3. The van der Waals surface area contributed by atoms with Crippen molar-refractivity contribution in [2.75, 3.05) is 7.05 Å². The van der Waals surface area contributed by atoms with Crippen LogP contribution >= 0.6 is 43.2 Å². The van der Waals surface area contributed by atoms with E-state index in [0.29, 0.717) is 12.2 Å². The lowest BCUT2D eigenvalue weighted by atomic mass is 10.1. The summed E-state index contributed by atoms with van der Waals surface area (Å²) in [7, 11) is 1.78. The van der Waals surface area contributed by atoms with Gasteiger partial charge in [0.25, 0.3) is 5.91 Å². The van der Waals surface area contributed by atoms with Crippen molar-refractivity contribution in [3.05, 3.63) is 36.7 Å². The van der Waals surface area contributed by atoms with Gasteiger partial charge in [0.2, 0.25) is 0 Å². The molecule has 2 aromatic heterocycles. The molecule has 0 aromatic carbocycles. The number of aromatic nitrogens is 2. The van der Waals surface area contributed by atoms with Crippen LogP contribution in [0.1, 0.15) is 40.8 Å². The number of carbonyl (C=O) groups is 1. The number of aromatic amines is 1. The van der Waals surface area contributed by atoms with Crippen LogP contribution in [0.2, 0.25) is 0 Å². The molecule has 20 heavy (non-hydrogen) atoms. The summed E-state index contributed by atoms with van der Waals surface area (Å²) in [6.45, 7) is 4.68. The van der Waals surface area contributed by atoms with E-state index in [-0.39, 0.29) is 11.8 Å². The molecule has 2 heterocycles. The Labute approximate surface area is 138 Å². The van der Waals surface area contributed by atoms with Gasteiger partial charge in [0, 0.05) is 21.8 Å². The molecule has 1 amide bonds. The molecule has 108 valence electrons. The van der Waals surface area contributed by atoms with Crippen LogP contribution in [0.4, 0.5) is 0 Å². The Bertz CT molecular complexity index is 621. The molecule has 2 aromatic rings. The second-order valence-electron chi connectivity index (χ2n) is 4.85. The van der Waals surface area contributed by atoms with Crippen molar-refractivity contribution in [2.45, 2.75) is 26.3 Å². The zero-order valence-corrected chi connectivity index (χ0v) is 15.4. The van der Waals surface area contributed by atoms with Crippen LogP contribution in [-0.4, -0.2) is 28.1 Å². The zero-order valence-electron chi connectivity index (χ0n) is 11.4. The van der Waals surface area contributed by atoms with Gasteiger partial charge in [-0.2, -0.15) is 5.10 Å². The standard InChI is InChI=1S/C13H15Br2N3OS/c1-7(2)11-10(15)12(17-16-11)13(19)18(3)5-9-4-8(14)6-20-9/h4,6-7H,5H2,1-3H3,(H,16,17). The summed E-state index contributed by atoms with van der Waals surface area (Å²) >= 11 is 8.51. The Morgan fingerprint density at radius 2 is 2.20 bits per heavy atom.